The lowest BCUT2D eigenvalue weighted by atomic mass is 10.2. The van der Waals surface area contributed by atoms with Crippen LogP contribution >= 0.6 is 11.3 Å². The third kappa shape index (κ3) is 5.14. The van der Waals surface area contributed by atoms with Crippen molar-refractivity contribution in [3.8, 4) is 0 Å². The highest BCUT2D eigenvalue weighted by molar-refractivity contribution is 7.13. The zero-order valence-electron chi connectivity index (χ0n) is 14.4. The van der Waals surface area contributed by atoms with Crippen LogP contribution in [0.1, 0.15) is 11.4 Å². The predicted octanol–water partition coefficient (Wildman–Crippen LogP) is 1.76. The van der Waals surface area contributed by atoms with Gasteiger partial charge in [-0.15, -0.1) is 11.3 Å². The van der Waals surface area contributed by atoms with Gasteiger partial charge in [-0.3, -0.25) is 4.98 Å². The van der Waals surface area contributed by atoms with Crippen molar-refractivity contribution in [1.82, 2.24) is 20.2 Å². The maximum Gasteiger partial charge on any atom is 0.317 e. The summed E-state index contributed by atoms with van der Waals surface area (Å²) in [6.07, 6.45) is 2.51. The zero-order chi connectivity index (χ0) is 17.5. The van der Waals surface area contributed by atoms with Gasteiger partial charge >= 0.3 is 6.03 Å². The van der Waals surface area contributed by atoms with Gasteiger partial charge in [0.2, 0.25) is 0 Å². The van der Waals surface area contributed by atoms with Crippen LogP contribution in [0.2, 0.25) is 0 Å². The van der Waals surface area contributed by atoms with E-state index in [1.165, 1.54) is 0 Å². The highest BCUT2D eigenvalue weighted by Gasteiger charge is 2.15. The summed E-state index contributed by atoms with van der Waals surface area (Å²) in [7, 11) is 1.79. The van der Waals surface area contributed by atoms with Crippen LogP contribution in [0.3, 0.4) is 0 Å². The fourth-order valence-corrected chi connectivity index (χ4v) is 3.39. The van der Waals surface area contributed by atoms with Crippen molar-refractivity contribution in [2.75, 3.05) is 44.8 Å². The topological polar surface area (TPSA) is 70.6 Å². The van der Waals surface area contributed by atoms with Crippen molar-refractivity contribution >= 4 is 22.5 Å². The van der Waals surface area contributed by atoms with Crippen LogP contribution in [0.15, 0.2) is 29.8 Å². The van der Waals surface area contributed by atoms with E-state index < -0.39 is 0 Å². The van der Waals surface area contributed by atoms with Crippen LogP contribution in [0.4, 0.5) is 9.93 Å². The van der Waals surface area contributed by atoms with Crippen molar-refractivity contribution in [1.29, 1.82) is 0 Å². The number of ether oxygens (including phenoxy) is 1. The molecule has 0 aliphatic carbocycles. The molecule has 25 heavy (non-hydrogen) atoms. The number of amides is 2. The Labute approximate surface area is 151 Å². The Morgan fingerprint density at radius 2 is 2.20 bits per heavy atom. The molecule has 1 aliphatic heterocycles. The van der Waals surface area contributed by atoms with E-state index >= 15 is 0 Å². The standard InChI is InChI=1S/C17H23N5O2S/c1-21(7-5-14-4-2-3-6-18-14)16(23)19-12-15-13-25-17(20-15)22-8-10-24-11-9-22/h2-4,6,13H,5,7-12H2,1H3,(H,19,23). The van der Waals surface area contributed by atoms with Gasteiger partial charge in [0.25, 0.3) is 0 Å². The van der Waals surface area contributed by atoms with Gasteiger partial charge in [0.15, 0.2) is 5.13 Å². The molecular weight excluding hydrogens is 338 g/mol. The molecule has 1 saturated heterocycles. The summed E-state index contributed by atoms with van der Waals surface area (Å²) in [4.78, 5) is 25.0. The molecule has 0 aromatic carbocycles. The molecule has 2 aromatic rings. The van der Waals surface area contributed by atoms with Crippen molar-refractivity contribution in [2.45, 2.75) is 13.0 Å². The number of morpholine rings is 1. The van der Waals surface area contributed by atoms with Crippen LogP contribution in [0.25, 0.3) is 0 Å². The summed E-state index contributed by atoms with van der Waals surface area (Å²) in [5.74, 6) is 0. The van der Waals surface area contributed by atoms with Gasteiger partial charge in [0.05, 0.1) is 25.5 Å². The number of pyridine rings is 1. The number of nitrogens with one attached hydrogen (secondary N) is 1. The maximum atomic E-state index is 12.2. The molecule has 0 spiro atoms. The number of aromatic nitrogens is 2. The minimum absolute atomic E-state index is 0.100. The molecule has 0 bridgehead atoms. The van der Waals surface area contributed by atoms with Crippen molar-refractivity contribution in [3.05, 3.63) is 41.2 Å². The molecule has 3 heterocycles. The van der Waals surface area contributed by atoms with Gasteiger partial charge in [-0.2, -0.15) is 0 Å². The van der Waals surface area contributed by atoms with E-state index in [9.17, 15) is 4.79 Å². The smallest absolute Gasteiger partial charge is 0.317 e. The van der Waals surface area contributed by atoms with Crippen LogP contribution < -0.4 is 10.2 Å². The maximum absolute atomic E-state index is 12.2. The van der Waals surface area contributed by atoms with Crippen LogP contribution in [0.5, 0.6) is 0 Å². The molecule has 0 unspecified atom stereocenters. The Balaban J connectivity index is 1.43. The lowest BCUT2D eigenvalue weighted by molar-refractivity contribution is 0.122. The number of anilines is 1. The number of thiazole rings is 1. The summed E-state index contributed by atoms with van der Waals surface area (Å²) >= 11 is 1.61. The van der Waals surface area contributed by atoms with E-state index in [4.69, 9.17) is 4.74 Å². The lowest BCUT2D eigenvalue weighted by Gasteiger charge is -2.26. The van der Waals surface area contributed by atoms with Gasteiger partial charge in [0, 0.05) is 50.4 Å². The zero-order valence-corrected chi connectivity index (χ0v) is 15.2. The highest BCUT2D eigenvalue weighted by Crippen LogP contribution is 2.21. The lowest BCUT2D eigenvalue weighted by Crippen LogP contribution is -2.38. The third-order valence-electron chi connectivity index (χ3n) is 4.02. The van der Waals surface area contributed by atoms with E-state index in [2.05, 4.69) is 20.2 Å². The molecule has 1 fully saturated rings. The Morgan fingerprint density at radius 3 is 2.96 bits per heavy atom. The van der Waals surface area contributed by atoms with Gasteiger partial charge < -0.3 is 19.9 Å². The molecule has 1 N–H and O–H groups in total. The molecule has 7 nitrogen and oxygen atoms in total. The van der Waals surface area contributed by atoms with Gasteiger partial charge in [-0.05, 0) is 12.1 Å². The summed E-state index contributed by atoms with van der Waals surface area (Å²) in [6.45, 7) is 4.29. The first-order valence-corrected chi connectivity index (χ1v) is 9.26. The predicted molar refractivity (Wildman–Crippen MR) is 98.0 cm³/mol. The molecule has 134 valence electrons. The molecule has 0 saturated carbocycles. The van der Waals surface area contributed by atoms with Gasteiger partial charge in [0.1, 0.15) is 0 Å². The fourth-order valence-electron chi connectivity index (χ4n) is 2.51. The summed E-state index contributed by atoms with van der Waals surface area (Å²) in [5.41, 5.74) is 1.87. The normalized spacial score (nSPS) is 14.4. The fraction of sp³-hybridized carbons (Fsp3) is 0.471. The van der Waals surface area contributed by atoms with Crippen LogP contribution in [-0.4, -0.2) is 60.8 Å². The number of hydrogen-bond acceptors (Lipinski definition) is 6. The number of urea groups is 1. The Kier molecular flexibility index (Phi) is 6.19. The first kappa shape index (κ1) is 17.6. The van der Waals surface area contributed by atoms with E-state index in [1.54, 1.807) is 29.5 Å². The molecule has 2 aromatic heterocycles. The van der Waals surface area contributed by atoms with Crippen molar-refractivity contribution in [2.24, 2.45) is 0 Å². The number of carbonyl (C=O) groups is 1. The first-order valence-electron chi connectivity index (χ1n) is 8.38. The summed E-state index contributed by atoms with van der Waals surface area (Å²) < 4.78 is 5.36. The molecule has 2 amide bonds. The number of rotatable bonds is 6. The second kappa shape index (κ2) is 8.77. The van der Waals surface area contributed by atoms with Gasteiger partial charge in [-0.25, -0.2) is 9.78 Å². The van der Waals surface area contributed by atoms with Gasteiger partial charge in [-0.1, -0.05) is 6.07 Å². The highest BCUT2D eigenvalue weighted by atomic mass is 32.1. The summed E-state index contributed by atoms with van der Waals surface area (Å²) in [6, 6.07) is 5.71. The second-order valence-electron chi connectivity index (χ2n) is 5.87. The quantitative estimate of drug-likeness (QED) is 0.849. The molecule has 3 rings (SSSR count). The largest absolute Gasteiger partial charge is 0.378 e. The molecule has 8 heteroatoms. The average molecular weight is 361 g/mol. The summed E-state index contributed by atoms with van der Waals surface area (Å²) in [5, 5.41) is 5.91. The van der Waals surface area contributed by atoms with E-state index in [0.717, 1.165) is 49.2 Å². The number of likely N-dealkylation sites (N-methyl/N-ethyl adjacent to an activating group) is 1. The Hall–Kier alpha value is -2.19. The minimum Gasteiger partial charge on any atom is -0.378 e. The molecular formula is C17H23N5O2S. The number of nitrogens with zero attached hydrogens (tertiary/aromatic N) is 4. The molecule has 0 atom stereocenters. The molecule has 0 radical (unpaired) electrons. The van der Waals surface area contributed by atoms with E-state index in [-0.39, 0.29) is 6.03 Å². The Morgan fingerprint density at radius 1 is 1.36 bits per heavy atom. The number of carbonyl (C=O) groups excluding carboxylic acids is 1. The Bertz CT molecular complexity index is 673. The second-order valence-corrected chi connectivity index (χ2v) is 6.71. The van der Waals surface area contributed by atoms with Crippen molar-refractivity contribution in [3.63, 3.8) is 0 Å². The third-order valence-corrected chi connectivity index (χ3v) is 4.97. The first-order chi connectivity index (χ1) is 12.2. The van der Waals surface area contributed by atoms with E-state index in [0.29, 0.717) is 13.1 Å². The SMILES string of the molecule is CN(CCc1ccccn1)C(=O)NCc1csc(N2CCOCC2)n1. The van der Waals surface area contributed by atoms with E-state index in [1.807, 2.05) is 23.6 Å². The minimum atomic E-state index is -0.100. The van der Waals surface area contributed by atoms with Crippen LogP contribution in [-0.2, 0) is 17.7 Å². The average Bonchev–Trinajstić information content (AvgIpc) is 3.15. The monoisotopic (exact) mass is 361 g/mol. The molecule has 1 aliphatic rings. The van der Waals surface area contributed by atoms with Crippen LogP contribution in [0, 0.1) is 0 Å². The van der Waals surface area contributed by atoms with Crippen molar-refractivity contribution < 1.29 is 9.53 Å². The number of hydrogen-bond donors (Lipinski definition) is 1.